The molecule has 0 spiro atoms. The SMILES string of the molecule is CC[C@H](N)C(=O)N[C@@H]1C(=O)N2[C@@H](CC[C@@H]1CN(CC)CC)CC[C@H]2C(=O)NCCc1ccc(OC)cc1. The van der Waals surface area contributed by atoms with Crippen LogP contribution < -0.4 is 21.1 Å². The first kappa shape index (κ1) is 28.9. The summed E-state index contributed by atoms with van der Waals surface area (Å²) in [6.45, 7) is 9.04. The molecule has 1 aromatic carbocycles. The molecule has 0 aromatic heterocycles. The normalized spacial score (nSPS) is 24.4. The van der Waals surface area contributed by atoms with Gasteiger partial charge in [0.2, 0.25) is 17.7 Å². The quantitative estimate of drug-likeness (QED) is 0.390. The number of nitrogens with two attached hydrogens (primary N) is 1. The van der Waals surface area contributed by atoms with Gasteiger partial charge in [0.25, 0.3) is 0 Å². The van der Waals surface area contributed by atoms with Crippen molar-refractivity contribution in [2.24, 2.45) is 11.7 Å². The van der Waals surface area contributed by atoms with Gasteiger partial charge in [-0.15, -0.1) is 0 Å². The van der Waals surface area contributed by atoms with Gasteiger partial charge < -0.3 is 30.9 Å². The lowest BCUT2D eigenvalue weighted by Crippen LogP contribution is -2.59. The Bertz CT molecular complexity index is 904. The summed E-state index contributed by atoms with van der Waals surface area (Å²) in [7, 11) is 1.63. The molecule has 3 amide bonds. The van der Waals surface area contributed by atoms with E-state index in [1.165, 1.54) is 0 Å². The van der Waals surface area contributed by atoms with E-state index in [1.54, 1.807) is 12.0 Å². The molecule has 2 aliphatic heterocycles. The van der Waals surface area contributed by atoms with Crippen molar-refractivity contribution in [3.05, 3.63) is 29.8 Å². The van der Waals surface area contributed by atoms with Gasteiger partial charge in [-0.1, -0.05) is 32.9 Å². The molecule has 9 nitrogen and oxygen atoms in total. The van der Waals surface area contributed by atoms with Crippen LogP contribution in [-0.2, 0) is 20.8 Å². The highest BCUT2D eigenvalue weighted by Crippen LogP contribution is 2.34. The van der Waals surface area contributed by atoms with Crippen molar-refractivity contribution >= 4 is 17.7 Å². The largest absolute Gasteiger partial charge is 0.497 e. The zero-order valence-corrected chi connectivity index (χ0v) is 22.9. The lowest BCUT2D eigenvalue weighted by atomic mass is 9.92. The molecular weight excluding hydrogens is 470 g/mol. The van der Waals surface area contributed by atoms with Gasteiger partial charge in [0, 0.05) is 25.0 Å². The third-order valence-electron chi connectivity index (χ3n) is 8.00. The van der Waals surface area contributed by atoms with Crippen molar-refractivity contribution in [3.8, 4) is 5.75 Å². The maximum atomic E-state index is 14.0. The molecule has 2 saturated heterocycles. The van der Waals surface area contributed by atoms with Crippen LogP contribution in [0.5, 0.6) is 5.75 Å². The topological polar surface area (TPSA) is 117 Å². The first-order valence-electron chi connectivity index (χ1n) is 13.8. The smallest absolute Gasteiger partial charge is 0.246 e. The van der Waals surface area contributed by atoms with Gasteiger partial charge in [0.05, 0.1) is 13.2 Å². The summed E-state index contributed by atoms with van der Waals surface area (Å²) >= 11 is 0. The minimum Gasteiger partial charge on any atom is -0.497 e. The summed E-state index contributed by atoms with van der Waals surface area (Å²) in [5.74, 6) is 0.199. The Morgan fingerprint density at radius 3 is 2.41 bits per heavy atom. The van der Waals surface area contributed by atoms with E-state index in [2.05, 4.69) is 29.4 Å². The second-order valence-electron chi connectivity index (χ2n) is 10.2. The van der Waals surface area contributed by atoms with Crippen molar-refractivity contribution in [2.45, 2.75) is 83.5 Å². The second-order valence-corrected chi connectivity index (χ2v) is 10.2. The average molecular weight is 516 g/mol. The molecule has 0 aliphatic carbocycles. The van der Waals surface area contributed by atoms with E-state index in [0.717, 1.165) is 50.2 Å². The number of benzene rings is 1. The number of ether oxygens (including phenoxy) is 1. The fraction of sp³-hybridized carbons (Fsp3) is 0.679. The van der Waals surface area contributed by atoms with Crippen molar-refractivity contribution in [2.75, 3.05) is 33.3 Å². The number of nitrogens with one attached hydrogen (secondary N) is 2. The van der Waals surface area contributed by atoms with Crippen LogP contribution in [0.15, 0.2) is 24.3 Å². The first-order chi connectivity index (χ1) is 17.8. The van der Waals surface area contributed by atoms with E-state index in [0.29, 0.717) is 25.8 Å². The zero-order valence-electron chi connectivity index (χ0n) is 22.9. The van der Waals surface area contributed by atoms with Crippen LogP contribution in [0, 0.1) is 5.92 Å². The summed E-state index contributed by atoms with van der Waals surface area (Å²) < 4.78 is 5.20. The third-order valence-corrected chi connectivity index (χ3v) is 8.00. The highest BCUT2D eigenvalue weighted by Gasteiger charge is 2.47. The van der Waals surface area contributed by atoms with Gasteiger partial charge in [0.1, 0.15) is 17.8 Å². The van der Waals surface area contributed by atoms with E-state index in [4.69, 9.17) is 10.5 Å². The molecule has 37 heavy (non-hydrogen) atoms. The van der Waals surface area contributed by atoms with Crippen molar-refractivity contribution in [1.82, 2.24) is 20.4 Å². The molecule has 5 atom stereocenters. The van der Waals surface area contributed by atoms with Gasteiger partial charge in [-0.2, -0.15) is 0 Å². The van der Waals surface area contributed by atoms with Crippen LogP contribution in [0.1, 0.15) is 58.4 Å². The predicted molar refractivity (Wildman–Crippen MR) is 144 cm³/mol. The minimum absolute atomic E-state index is 0.0193. The molecule has 0 saturated carbocycles. The van der Waals surface area contributed by atoms with Crippen LogP contribution in [0.2, 0.25) is 0 Å². The fourth-order valence-electron chi connectivity index (χ4n) is 5.57. The van der Waals surface area contributed by atoms with E-state index >= 15 is 0 Å². The van der Waals surface area contributed by atoms with Crippen molar-refractivity contribution in [1.29, 1.82) is 0 Å². The molecule has 206 valence electrons. The zero-order chi connectivity index (χ0) is 26.9. The van der Waals surface area contributed by atoms with E-state index in [9.17, 15) is 14.4 Å². The van der Waals surface area contributed by atoms with Crippen LogP contribution in [-0.4, -0.2) is 85.0 Å². The molecule has 2 heterocycles. The molecule has 2 fully saturated rings. The summed E-state index contributed by atoms with van der Waals surface area (Å²) in [4.78, 5) is 44.1. The molecule has 2 aliphatic rings. The highest BCUT2D eigenvalue weighted by atomic mass is 16.5. The maximum Gasteiger partial charge on any atom is 0.246 e. The van der Waals surface area contributed by atoms with Crippen LogP contribution in [0.3, 0.4) is 0 Å². The molecule has 1 aromatic rings. The predicted octanol–water partition coefficient (Wildman–Crippen LogP) is 1.69. The average Bonchev–Trinajstić information content (AvgIpc) is 3.30. The number of carbonyl (C=O) groups is 3. The van der Waals surface area contributed by atoms with E-state index in [1.807, 2.05) is 31.2 Å². The first-order valence-corrected chi connectivity index (χ1v) is 13.8. The van der Waals surface area contributed by atoms with Crippen molar-refractivity contribution in [3.63, 3.8) is 0 Å². The molecule has 0 bridgehead atoms. The fourth-order valence-corrected chi connectivity index (χ4v) is 5.57. The molecule has 0 radical (unpaired) electrons. The van der Waals surface area contributed by atoms with Crippen molar-refractivity contribution < 1.29 is 19.1 Å². The third kappa shape index (κ3) is 7.23. The number of rotatable bonds is 12. The number of methoxy groups -OCH3 is 1. The van der Waals surface area contributed by atoms with Gasteiger partial charge in [0.15, 0.2) is 0 Å². The summed E-state index contributed by atoms with van der Waals surface area (Å²) in [6, 6.07) is 5.95. The number of hydrogen-bond acceptors (Lipinski definition) is 6. The van der Waals surface area contributed by atoms with E-state index in [-0.39, 0.29) is 29.7 Å². The van der Waals surface area contributed by atoms with Crippen LogP contribution >= 0.6 is 0 Å². The molecule has 3 rings (SSSR count). The molecule has 4 N–H and O–H groups in total. The maximum absolute atomic E-state index is 14.0. The number of nitrogens with zero attached hydrogens (tertiary/aromatic N) is 2. The monoisotopic (exact) mass is 515 g/mol. The Morgan fingerprint density at radius 1 is 1.11 bits per heavy atom. The Kier molecular flexibility index (Phi) is 10.8. The molecule has 0 unspecified atom stereocenters. The van der Waals surface area contributed by atoms with Crippen LogP contribution in [0.25, 0.3) is 0 Å². The Morgan fingerprint density at radius 2 is 1.78 bits per heavy atom. The second kappa shape index (κ2) is 13.8. The molecular formula is C28H45N5O4. The van der Waals surface area contributed by atoms with Gasteiger partial charge >= 0.3 is 0 Å². The van der Waals surface area contributed by atoms with Gasteiger partial charge in [-0.25, -0.2) is 0 Å². The van der Waals surface area contributed by atoms with Gasteiger partial charge in [-0.05, 0) is 69.3 Å². The molecule has 9 heteroatoms. The summed E-state index contributed by atoms with van der Waals surface area (Å²) in [6.07, 6.45) is 4.29. The summed E-state index contributed by atoms with van der Waals surface area (Å²) in [5.41, 5.74) is 7.10. The lowest BCUT2D eigenvalue weighted by Gasteiger charge is -2.34. The number of hydrogen-bond donors (Lipinski definition) is 3. The Labute approximate surface area is 221 Å². The van der Waals surface area contributed by atoms with E-state index < -0.39 is 18.1 Å². The van der Waals surface area contributed by atoms with Crippen LogP contribution in [0.4, 0.5) is 0 Å². The minimum atomic E-state index is -0.677. The number of carbonyl (C=O) groups excluding carboxylic acids is 3. The summed E-state index contributed by atoms with van der Waals surface area (Å²) in [5, 5.41) is 6.03. The lowest BCUT2D eigenvalue weighted by molar-refractivity contribution is -0.143. The Balaban J connectivity index is 1.71. The Hall–Kier alpha value is -2.65. The van der Waals surface area contributed by atoms with Gasteiger partial charge in [-0.3, -0.25) is 14.4 Å². The number of fused-ring (bicyclic) bond motifs is 1. The number of amides is 3. The highest BCUT2D eigenvalue weighted by molar-refractivity contribution is 5.94. The standard InChI is InChI=1S/C28H45N5O4/c1-5-23(29)26(34)31-25-20(18-32(6-2)7-3)10-11-21-12-15-24(33(21)28(25)36)27(35)30-17-16-19-8-13-22(37-4)14-9-19/h8-9,13-14,20-21,23-25H,5-7,10-12,15-18,29H2,1-4H3,(H,30,35)(H,31,34)/t20-,21+,23+,24+,25+/m1/s1.